The fourth-order valence-electron chi connectivity index (χ4n) is 2.40. The van der Waals surface area contributed by atoms with E-state index in [2.05, 4.69) is 53.8 Å². The SMILES string of the molecule is COCCCOCCNC(c1ccccc1)c1ccccc1. The maximum Gasteiger partial charge on any atom is 0.0591 e. The van der Waals surface area contributed by atoms with Crippen molar-refractivity contribution in [2.45, 2.75) is 12.5 Å². The zero-order valence-electron chi connectivity index (χ0n) is 13.2. The summed E-state index contributed by atoms with van der Waals surface area (Å²) < 4.78 is 10.6. The topological polar surface area (TPSA) is 30.5 Å². The molecule has 0 aromatic heterocycles. The standard InChI is InChI=1S/C19H25NO2/c1-21-14-8-15-22-16-13-20-19(17-9-4-2-5-10-17)18-11-6-3-7-12-18/h2-7,9-12,19-20H,8,13-16H2,1H3. The molecule has 0 radical (unpaired) electrons. The van der Waals surface area contributed by atoms with Gasteiger partial charge < -0.3 is 14.8 Å². The molecule has 0 aliphatic heterocycles. The van der Waals surface area contributed by atoms with E-state index in [4.69, 9.17) is 9.47 Å². The molecule has 0 spiro atoms. The van der Waals surface area contributed by atoms with Crippen LogP contribution >= 0.6 is 0 Å². The summed E-state index contributed by atoms with van der Waals surface area (Å²) in [5.41, 5.74) is 2.54. The molecule has 3 heteroatoms. The maximum atomic E-state index is 5.62. The Morgan fingerprint density at radius 3 is 1.95 bits per heavy atom. The fourth-order valence-corrected chi connectivity index (χ4v) is 2.40. The van der Waals surface area contributed by atoms with Gasteiger partial charge in [-0.2, -0.15) is 0 Å². The molecule has 22 heavy (non-hydrogen) atoms. The van der Waals surface area contributed by atoms with Gasteiger partial charge in [-0.25, -0.2) is 0 Å². The normalized spacial score (nSPS) is 11.0. The zero-order valence-corrected chi connectivity index (χ0v) is 13.2. The first-order valence-electron chi connectivity index (χ1n) is 7.82. The Kier molecular flexibility index (Phi) is 7.67. The van der Waals surface area contributed by atoms with Crippen molar-refractivity contribution in [3.05, 3.63) is 71.8 Å². The first-order chi connectivity index (χ1) is 10.9. The summed E-state index contributed by atoms with van der Waals surface area (Å²) in [6.45, 7) is 3.03. The average Bonchev–Trinajstić information content (AvgIpc) is 2.59. The summed E-state index contributed by atoms with van der Waals surface area (Å²) >= 11 is 0. The minimum atomic E-state index is 0.199. The molecular weight excluding hydrogens is 274 g/mol. The molecule has 118 valence electrons. The molecule has 0 fully saturated rings. The van der Waals surface area contributed by atoms with Crippen LogP contribution in [0.5, 0.6) is 0 Å². The average molecular weight is 299 g/mol. The molecule has 0 amide bonds. The van der Waals surface area contributed by atoms with Crippen LogP contribution in [0.15, 0.2) is 60.7 Å². The van der Waals surface area contributed by atoms with E-state index >= 15 is 0 Å². The van der Waals surface area contributed by atoms with E-state index < -0.39 is 0 Å². The van der Waals surface area contributed by atoms with Crippen LogP contribution in [0, 0.1) is 0 Å². The van der Waals surface area contributed by atoms with Gasteiger partial charge in [0.2, 0.25) is 0 Å². The molecule has 0 saturated heterocycles. The lowest BCUT2D eigenvalue weighted by atomic mass is 9.99. The van der Waals surface area contributed by atoms with E-state index in [0.717, 1.165) is 26.2 Å². The molecule has 2 rings (SSSR count). The molecule has 2 aromatic rings. The Labute approximate surface area is 133 Å². The summed E-state index contributed by atoms with van der Waals surface area (Å²) in [6.07, 6.45) is 0.942. The monoisotopic (exact) mass is 299 g/mol. The highest BCUT2D eigenvalue weighted by Gasteiger charge is 2.12. The van der Waals surface area contributed by atoms with Crippen LogP contribution in [0.4, 0.5) is 0 Å². The molecule has 0 heterocycles. The van der Waals surface area contributed by atoms with Crippen LogP contribution in [0.1, 0.15) is 23.6 Å². The van der Waals surface area contributed by atoms with Gasteiger partial charge in [0.25, 0.3) is 0 Å². The second-order valence-electron chi connectivity index (χ2n) is 5.17. The van der Waals surface area contributed by atoms with Crippen molar-refractivity contribution in [3.63, 3.8) is 0 Å². The van der Waals surface area contributed by atoms with E-state index in [9.17, 15) is 0 Å². The van der Waals surface area contributed by atoms with E-state index in [0.29, 0.717) is 6.61 Å². The zero-order chi connectivity index (χ0) is 15.5. The number of hydrogen-bond donors (Lipinski definition) is 1. The van der Waals surface area contributed by atoms with Crippen LogP contribution in [0.2, 0.25) is 0 Å². The first-order valence-corrected chi connectivity index (χ1v) is 7.82. The minimum Gasteiger partial charge on any atom is -0.385 e. The molecule has 0 saturated carbocycles. The molecule has 2 aromatic carbocycles. The van der Waals surface area contributed by atoms with E-state index in [-0.39, 0.29) is 6.04 Å². The summed E-state index contributed by atoms with van der Waals surface area (Å²) in [6, 6.07) is 21.2. The van der Waals surface area contributed by atoms with Crippen molar-refractivity contribution in [3.8, 4) is 0 Å². The summed E-state index contributed by atoms with van der Waals surface area (Å²) in [7, 11) is 1.71. The Morgan fingerprint density at radius 2 is 1.41 bits per heavy atom. The van der Waals surface area contributed by atoms with Crippen molar-refractivity contribution in [2.75, 3.05) is 33.5 Å². The number of benzene rings is 2. The Morgan fingerprint density at radius 1 is 0.818 bits per heavy atom. The highest BCUT2D eigenvalue weighted by atomic mass is 16.5. The molecule has 0 atom stereocenters. The Hall–Kier alpha value is -1.68. The third kappa shape index (κ3) is 5.60. The number of hydrogen-bond acceptors (Lipinski definition) is 3. The van der Waals surface area contributed by atoms with Gasteiger partial charge in [-0.3, -0.25) is 0 Å². The van der Waals surface area contributed by atoms with Crippen LogP contribution in [0.25, 0.3) is 0 Å². The van der Waals surface area contributed by atoms with Gasteiger partial charge in [0, 0.05) is 26.9 Å². The molecule has 0 aliphatic rings. The molecule has 3 nitrogen and oxygen atoms in total. The van der Waals surface area contributed by atoms with Crippen LogP contribution in [-0.2, 0) is 9.47 Å². The molecule has 0 aliphatic carbocycles. The van der Waals surface area contributed by atoms with Gasteiger partial charge in [0.15, 0.2) is 0 Å². The smallest absolute Gasteiger partial charge is 0.0591 e. The van der Waals surface area contributed by atoms with Crippen LogP contribution in [0.3, 0.4) is 0 Å². The summed E-state index contributed by atoms with van der Waals surface area (Å²) in [5.74, 6) is 0. The van der Waals surface area contributed by atoms with Crippen molar-refractivity contribution in [1.29, 1.82) is 0 Å². The van der Waals surface area contributed by atoms with Gasteiger partial charge in [-0.05, 0) is 17.5 Å². The van der Waals surface area contributed by atoms with Gasteiger partial charge in [-0.15, -0.1) is 0 Å². The number of ether oxygens (including phenoxy) is 2. The van der Waals surface area contributed by atoms with Crippen molar-refractivity contribution in [1.82, 2.24) is 5.32 Å². The van der Waals surface area contributed by atoms with Gasteiger partial charge in [0.05, 0.1) is 12.6 Å². The summed E-state index contributed by atoms with van der Waals surface area (Å²) in [4.78, 5) is 0. The minimum absolute atomic E-state index is 0.199. The largest absolute Gasteiger partial charge is 0.385 e. The Bertz CT molecular complexity index is 462. The summed E-state index contributed by atoms with van der Waals surface area (Å²) in [5, 5.41) is 3.59. The maximum absolute atomic E-state index is 5.62. The Balaban J connectivity index is 1.87. The van der Waals surface area contributed by atoms with Crippen LogP contribution < -0.4 is 5.32 Å². The fraction of sp³-hybridized carbons (Fsp3) is 0.368. The van der Waals surface area contributed by atoms with Gasteiger partial charge >= 0.3 is 0 Å². The lowest BCUT2D eigenvalue weighted by Gasteiger charge is -2.20. The second kappa shape index (κ2) is 10.1. The quantitative estimate of drug-likeness (QED) is 0.682. The number of nitrogens with one attached hydrogen (secondary N) is 1. The third-order valence-corrected chi connectivity index (χ3v) is 3.50. The third-order valence-electron chi connectivity index (χ3n) is 3.50. The predicted molar refractivity (Wildman–Crippen MR) is 90.0 cm³/mol. The second-order valence-corrected chi connectivity index (χ2v) is 5.17. The van der Waals surface area contributed by atoms with E-state index in [1.165, 1.54) is 11.1 Å². The highest BCUT2D eigenvalue weighted by molar-refractivity contribution is 5.31. The molecule has 0 unspecified atom stereocenters. The van der Waals surface area contributed by atoms with E-state index in [1.807, 2.05) is 12.1 Å². The predicted octanol–water partition coefficient (Wildman–Crippen LogP) is 3.42. The van der Waals surface area contributed by atoms with Gasteiger partial charge in [-0.1, -0.05) is 60.7 Å². The van der Waals surface area contributed by atoms with E-state index in [1.54, 1.807) is 7.11 Å². The molecule has 1 N–H and O–H groups in total. The van der Waals surface area contributed by atoms with Gasteiger partial charge in [0.1, 0.15) is 0 Å². The van der Waals surface area contributed by atoms with Crippen LogP contribution in [-0.4, -0.2) is 33.5 Å². The van der Waals surface area contributed by atoms with Crippen molar-refractivity contribution < 1.29 is 9.47 Å². The number of rotatable bonds is 10. The highest BCUT2D eigenvalue weighted by Crippen LogP contribution is 2.21. The van der Waals surface area contributed by atoms with Crippen molar-refractivity contribution >= 4 is 0 Å². The molecular formula is C19H25NO2. The lowest BCUT2D eigenvalue weighted by Crippen LogP contribution is -2.26. The lowest BCUT2D eigenvalue weighted by molar-refractivity contribution is 0.103. The molecule has 0 bridgehead atoms. The first kappa shape index (κ1) is 16.7. The van der Waals surface area contributed by atoms with Crippen molar-refractivity contribution in [2.24, 2.45) is 0 Å². The number of methoxy groups -OCH3 is 1.